The van der Waals surface area contributed by atoms with E-state index in [2.05, 4.69) is 30.3 Å². The third kappa shape index (κ3) is 1.76. The quantitative estimate of drug-likeness (QED) is 0.613. The maximum absolute atomic E-state index is 6.12. The summed E-state index contributed by atoms with van der Waals surface area (Å²) in [6.07, 6.45) is 0. The van der Waals surface area contributed by atoms with Crippen LogP contribution in [0.25, 0.3) is 21.9 Å². The first-order valence-corrected chi connectivity index (χ1v) is 5.68. The number of fused-ring (bicyclic) bond motifs is 1. The summed E-state index contributed by atoms with van der Waals surface area (Å²) in [5, 5.41) is 2.41. The largest absolute Gasteiger partial charge is 0.398 e. The average Bonchev–Trinajstić information content (AvgIpc) is 2.39. The van der Waals surface area contributed by atoms with Gasteiger partial charge in [0, 0.05) is 11.3 Å². The second-order valence-electron chi connectivity index (χ2n) is 4.15. The van der Waals surface area contributed by atoms with E-state index in [-0.39, 0.29) is 0 Å². The molecule has 0 aliphatic heterocycles. The molecule has 0 atom stereocenters. The van der Waals surface area contributed by atoms with Gasteiger partial charge in [-0.15, -0.1) is 0 Å². The number of hydrogen-bond donors (Lipinski definition) is 1. The van der Waals surface area contributed by atoms with Crippen LogP contribution >= 0.6 is 0 Å². The van der Waals surface area contributed by atoms with Gasteiger partial charge in [0.25, 0.3) is 0 Å². The number of anilines is 1. The highest BCUT2D eigenvalue weighted by Crippen LogP contribution is 2.30. The van der Waals surface area contributed by atoms with Crippen LogP contribution in [0.5, 0.6) is 0 Å². The predicted octanol–water partition coefficient (Wildman–Crippen LogP) is 4.09. The number of nitrogen functional groups attached to an aromatic ring is 1. The van der Waals surface area contributed by atoms with Crippen molar-refractivity contribution >= 4 is 16.5 Å². The number of nitrogens with two attached hydrogens (primary N) is 1. The van der Waals surface area contributed by atoms with E-state index in [1.165, 1.54) is 10.8 Å². The molecule has 0 unspecified atom stereocenters. The molecule has 1 heteroatoms. The lowest BCUT2D eigenvalue weighted by atomic mass is 9.99. The van der Waals surface area contributed by atoms with E-state index < -0.39 is 0 Å². The molecule has 3 rings (SSSR count). The van der Waals surface area contributed by atoms with Crippen LogP contribution in [0, 0.1) is 0 Å². The van der Waals surface area contributed by atoms with Gasteiger partial charge in [-0.1, -0.05) is 54.6 Å². The fourth-order valence-corrected chi connectivity index (χ4v) is 2.13. The minimum absolute atomic E-state index is 0.829. The predicted molar refractivity (Wildman–Crippen MR) is 73.8 cm³/mol. The SMILES string of the molecule is Nc1cc2ccccc2cc1-c1ccccc1. The molecule has 2 N–H and O–H groups in total. The van der Waals surface area contributed by atoms with Gasteiger partial charge in [0.05, 0.1) is 0 Å². The Bertz CT molecular complexity index is 657. The molecule has 0 heterocycles. The zero-order chi connectivity index (χ0) is 11.7. The molecule has 0 amide bonds. The Labute approximate surface area is 101 Å². The van der Waals surface area contributed by atoms with E-state index in [0.29, 0.717) is 0 Å². The van der Waals surface area contributed by atoms with Crippen molar-refractivity contribution in [2.45, 2.75) is 0 Å². The van der Waals surface area contributed by atoms with Crippen LogP contribution in [-0.4, -0.2) is 0 Å². The molecule has 3 aromatic rings. The van der Waals surface area contributed by atoms with E-state index in [4.69, 9.17) is 5.73 Å². The van der Waals surface area contributed by atoms with Gasteiger partial charge in [0.2, 0.25) is 0 Å². The molecule has 0 aromatic heterocycles. The summed E-state index contributed by atoms with van der Waals surface area (Å²) < 4.78 is 0. The lowest BCUT2D eigenvalue weighted by molar-refractivity contribution is 1.63. The van der Waals surface area contributed by atoms with E-state index in [1.807, 2.05) is 36.4 Å². The fraction of sp³-hybridized carbons (Fsp3) is 0. The van der Waals surface area contributed by atoms with Gasteiger partial charge >= 0.3 is 0 Å². The van der Waals surface area contributed by atoms with E-state index in [9.17, 15) is 0 Å². The van der Waals surface area contributed by atoms with Crippen molar-refractivity contribution in [2.75, 3.05) is 5.73 Å². The van der Waals surface area contributed by atoms with Gasteiger partial charge in [-0.3, -0.25) is 0 Å². The normalized spacial score (nSPS) is 10.6. The lowest BCUT2D eigenvalue weighted by Gasteiger charge is -2.08. The number of hydrogen-bond acceptors (Lipinski definition) is 1. The van der Waals surface area contributed by atoms with Crippen molar-refractivity contribution in [3.63, 3.8) is 0 Å². The van der Waals surface area contributed by atoms with Crippen LogP contribution < -0.4 is 5.73 Å². The van der Waals surface area contributed by atoms with Gasteiger partial charge in [-0.25, -0.2) is 0 Å². The Hall–Kier alpha value is -2.28. The zero-order valence-electron chi connectivity index (χ0n) is 9.43. The lowest BCUT2D eigenvalue weighted by Crippen LogP contribution is -1.90. The van der Waals surface area contributed by atoms with Gasteiger partial charge in [0.1, 0.15) is 0 Å². The molecular weight excluding hydrogens is 206 g/mol. The van der Waals surface area contributed by atoms with Crippen LogP contribution in [0.2, 0.25) is 0 Å². The van der Waals surface area contributed by atoms with Gasteiger partial charge < -0.3 is 5.73 Å². The molecule has 0 saturated heterocycles. The highest BCUT2D eigenvalue weighted by Gasteiger charge is 2.03. The van der Waals surface area contributed by atoms with Crippen molar-refractivity contribution in [2.24, 2.45) is 0 Å². The molecule has 82 valence electrons. The Kier molecular flexibility index (Phi) is 2.30. The summed E-state index contributed by atoms with van der Waals surface area (Å²) in [6, 6.07) is 22.7. The summed E-state index contributed by atoms with van der Waals surface area (Å²) in [6.45, 7) is 0. The summed E-state index contributed by atoms with van der Waals surface area (Å²) in [4.78, 5) is 0. The number of benzene rings is 3. The topological polar surface area (TPSA) is 26.0 Å². The smallest absolute Gasteiger partial charge is 0.0400 e. The molecule has 0 aliphatic carbocycles. The first kappa shape index (κ1) is 9.91. The van der Waals surface area contributed by atoms with Crippen LogP contribution in [0.3, 0.4) is 0 Å². The van der Waals surface area contributed by atoms with E-state index in [1.54, 1.807) is 0 Å². The summed E-state index contributed by atoms with van der Waals surface area (Å²) in [5.74, 6) is 0. The Balaban J connectivity index is 2.27. The van der Waals surface area contributed by atoms with Crippen molar-refractivity contribution < 1.29 is 0 Å². The van der Waals surface area contributed by atoms with Crippen molar-refractivity contribution in [3.05, 3.63) is 66.7 Å². The van der Waals surface area contributed by atoms with Crippen LogP contribution in [-0.2, 0) is 0 Å². The van der Waals surface area contributed by atoms with E-state index >= 15 is 0 Å². The number of rotatable bonds is 1. The molecule has 0 bridgehead atoms. The summed E-state index contributed by atoms with van der Waals surface area (Å²) in [7, 11) is 0. The standard InChI is InChI=1S/C16H13N/c17-16-11-14-9-5-4-8-13(14)10-15(16)12-6-2-1-3-7-12/h1-11H,17H2. The highest BCUT2D eigenvalue weighted by molar-refractivity contribution is 5.93. The van der Waals surface area contributed by atoms with Gasteiger partial charge in [-0.2, -0.15) is 0 Å². The van der Waals surface area contributed by atoms with Crippen LogP contribution in [0.1, 0.15) is 0 Å². The Morgan fingerprint density at radius 3 is 1.94 bits per heavy atom. The second-order valence-corrected chi connectivity index (χ2v) is 4.15. The van der Waals surface area contributed by atoms with Crippen LogP contribution in [0.4, 0.5) is 5.69 Å². The molecule has 0 fully saturated rings. The maximum atomic E-state index is 6.12. The average molecular weight is 219 g/mol. The van der Waals surface area contributed by atoms with Gasteiger partial charge in [0.15, 0.2) is 0 Å². The minimum Gasteiger partial charge on any atom is -0.398 e. The first-order valence-electron chi connectivity index (χ1n) is 5.68. The molecule has 1 nitrogen and oxygen atoms in total. The van der Waals surface area contributed by atoms with Gasteiger partial charge in [-0.05, 0) is 28.5 Å². The third-order valence-corrected chi connectivity index (χ3v) is 3.00. The molecule has 3 aromatic carbocycles. The Morgan fingerprint density at radius 2 is 1.24 bits per heavy atom. The monoisotopic (exact) mass is 219 g/mol. The van der Waals surface area contributed by atoms with Crippen molar-refractivity contribution in [1.29, 1.82) is 0 Å². The fourth-order valence-electron chi connectivity index (χ4n) is 2.13. The zero-order valence-corrected chi connectivity index (χ0v) is 9.43. The maximum Gasteiger partial charge on any atom is 0.0400 e. The van der Waals surface area contributed by atoms with Crippen LogP contribution in [0.15, 0.2) is 66.7 Å². The van der Waals surface area contributed by atoms with Crippen molar-refractivity contribution in [3.8, 4) is 11.1 Å². The molecular formula is C16H13N. The van der Waals surface area contributed by atoms with Crippen molar-refractivity contribution in [1.82, 2.24) is 0 Å². The highest BCUT2D eigenvalue weighted by atomic mass is 14.6. The van der Waals surface area contributed by atoms with E-state index in [0.717, 1.165) is 16.8 Å². The summed E-state index contributed by atoms with van der Waals surface area (Å²) >= 11 is 0. The molecule has 0 saturated carbocycles. The first-order chi connectivity index (χ1) is 8.34. The molecule has 0 spiro atoms. The minimum atomic E-state index is 0.829. The third-order valence-electron chi connectivity index (χ3n) is 3.00. The molecule has 0 radical (unpaired) electrons. The summed E-state index contributed by atoms with van der Waals surface area (Å²) in [5.41, 5.74) is 9.21. The molecule has 17 heavy (non-hydrogen) atoms. The second kappa shape index (κ2) is 3.95. The Morgan fingerprint density at radius 1 is 0.647 bits per heavy atom. The molecule has 0 aliphatic rings.